The Labute approximate surface area is 198 Å². The molecule has 0 aliphatic carbocycles. The van der Waals surface area contributed by atoms with Crippen molar-refractivity contribution in [3.8, 4) is 5.75 Å². The highest BCUT2D eigenvalue weighted by Crippen LogP contribution is 2.28. The maximum Gasteiger partial charge on any atom is 0.251 e. The molecule has 0 spiro atoms. The number of hydrogen-bond donors (Lipinski definition) is 1. The molecule has 4 aromatic rings. The molecule has 33 heavy (non-hydrogen) atoms. The normalized spacial score (nSPS) is 12.0. The van der Waals surface area contributed by atoms with E-state index in [2.05, 4.69) is 33.9 Å². The average Bonchev–Trinajstić information content (AvgIpc) is 3.20. The van der Waals surface area contributed by atoms with Crippen LogP contribution in [0.2, 0.25) is 0 Å². The summed E-state index contributed by atoms with van der Waals surface area (Å²) >= 11 is 1.68. The van der Waals surface area contributed by atoms with Crippen molar-refractivity contribution in [1.29, 1.82) is 0 Å². The summed E-state index contributed by atoms with van der Waals surface area (Å²) in [7, 11) is 1.67. The highest BCUT2D eigenvalue weighted by molar-refractivity contribution is 7.98. The van der Waals surface area contributed by atoms with Crippen LogP contribution in [0.1, 0.15) is 41.8 Å². The molecule has 0 fully saturated rings. The first-order chi connectivity index (χ1) is 16.1. The van der Waals surface area contributed by atoms with E-state index >= 15 is 0 Å². The molecule has 1 N–H and O–H groups in total. The van der Waals surface area contributed by atoms with E-state index in [0.29, 0.717) is 12.1 Å². The van der Waals surface area contributed by atoms with E-state index < -0.39 is 0 Å². The van der Waals surface area contributed by atoms with Crippen LogP contribution in [-0.4, -0.2) is 33.6 Å². The van der Waals surface area contributed by atoms with Gasteiger partial charge in [0, 0.05) is 23.6 Å². The van der Waals surface area contributed by atoms with Gasteiger partial charge in [0.15, 0.2) is 5.16 Å². The van der Waals surface area contributed by atoms with Crippen LogP contribution in [0.3, 0.4) is 0 Å². The Balaban J connectivity index is 1.50. The van der Waals surface area contributed by atoms with Crippen molar-refractivity contribution in [2.75, 3.05) is 7.11 Å². The summed E-state index contributed by atoms with van der Waals surface area (Å²) in [5, 5.41) is 3.94. The lowest BCUT2D eigenvalue weighted by Gasteiger charge is -2.12. The topological polar surface area (TPSA) is 69.0 Å². The monoisotopic (exact) mass is 460 g/mol. The summed E-state index contributed by atoms with van der Waals surface area (Å²) in [6.45, 7) is 4.77. The highest BCUT2D eigenvalue weighted by atomic mass is 32.2. The maximum atomic E-state index is 12.3. The number of pyridine rings is 1. The fourth-order valence-electron chi connectivity index (χ4n) is 3.43. The zero-order valence-electron chi connectivity index (χ0n) is 19.1. The predicted octanol–water partition coefficient (Wildman–Crippen LogP) is 5.31. The van der Waals surface area contributed by atoms with E-state index in [9.17, 15) is 4.79 Å². The van der Waals surface area contributed by atoms with Crippen molar-refractivity contribution in [3.05, 3.63) is 83.7 Å². The molecule has 7 heteroatoms. The number of nitrogens with one attached hydrogen (secondary N) is 1. The van der Waals surface area contributed by atoms with E-state index in [-0.39, 0.29) is 11.9 Å². The fraction of sp³-hybridized carbons (Fsp3) is 0.269. The van der Waals surface area contributed by atoms with Crippen molar-refractivity contribution in [1.82, 2.24) is 19.9 Å². The van der Waals surface area contributed by atoms with Gasteiger partial charge in [-0.25, -0.2) is 4.98 Å². The lowest BCUT2D eigenvalue weighted by molar-refractivity contribution is 0.0939. The Morgan fingerprint density at radius 3 is 2.52 bits per heavy atom. The van der Waals surface area contributed by atoms with Crippen LogP contribution >= 0.6 is 11.8 Å². The number of imidazole rings is 1. The molecule has 0 radical (unpaired) electrons. The Morgan fingerprint density at radius 2 is 1.82 bits per heavy atom. The van der Waals surface area contributed by atoms with Gasteiger partial charge in [0.05, 0.1) is 30.9 Å². The Bertz CT molecular complexity index is 1220. The summed E-state index contributed by atoms with van der Waals surface area (Å²) in [6, 6.07) is 18.0. The molecule has 4 rings (SSSR count). The number of aromatic nitrogens is 3. The first kappa shape index (κ1) is 22.9. The average molecular weight is 461 g/mol. The molecule has 170 valence electrons. The van der Waals surface area contributed by atoms with Gasteiger partial charge in [-0.1, -0.05) is 43.0 Å². The molecule has 0 aliphatic heterocycles. The second-order valence-electron chi connectivity index (χ2n) is 7.96. The number of amides is 1. The number of hydrogen-bond acceptors (Lipinski definition) is 5. The molecule has 2 aromatic carbocycles. The van der Waals surface area contributed by atoms with E-state index in [1.807, 2.05) is 55.6 Å². The number of methoxy groups -OCH3 is 1. The minimum atomic E-state index is -0.0302. The number of benzene rings is 2. The molecule has 1 atom stereocenters. The number of rotatable bonds is 9. The number of carbonyl (C=O) groups excluding carboxylic acids is 1. The van der Waals surface area contributed by atoms with Crippen LogP contribution in [0.4, 0.5) is 0 Å². The maximum absolute atomic E-state index is 12.3. The van der Waals surface area contributed by atoms with Gasteiger partial charge in [0.1, 0.15) is 5.75 Å². The molecular weight excluding hydrogens is 432 g/mol. The van der Waals surface area contributed by atoms with Gasteiger partial charge in [-0.3, -0.25) is 9.78 Å². The lowest BCUT2D eigenvalue weighted by atomic mass is 10.1. The van der Waals surface area contributed by atoms with Gasteiger partial charge in [-0.15, -0.1) is 0 Å². The fourth-order valence-corrected chi connectivity index (χ4v) is 4.40. The molecule has 0 unspecified atom stereocenters. The highest BCUT2D eigenvalue weighted by Gasteiger charge is 2.13. The molecule has 1 amide bonds. The van der Waals surface area contributed by atoms with Crippen LogP contribution < -0.4 is 10.1 Å². The predicted molar refractivity (Wildman–Crippen MR) is 133 cm³/mol. The number of carbonyl (C=O) groups is 1. The van der Waals surface area contributed by atoms with E-state index in [4.69, 9.17) is 9.72 Å². The van der Waals surface area contributed by atoms with E-state index in [0.717, 1.165) is 45.2 Å². The smallest absolute Gasteiger partial charge is 0.251 e. The van der Waals surface area contributed by atoms with E-state index in [1.165, 1.54) is 0 Å². The van der Waals surface area contributed by atoms with Gasteiger partial charge in [-0.05, 0) is 54.8 Å². The summed E-state index contributed by atoms with van der Waals surface area (Å²) in [5.41, 5.74) is 4.92. The molecule has 0 aliphatic rings. The summed E-state index contributed by atoms with van der Waals surface area (Å²) in [5.74, 6) is 1.57. The Morgan fingerprint density at radius 1 is 1.09 bits per heavy atom. The molecule has 0 saturated heterocycles. The van der Waals surface area contributed by atoms with Crippen molar-refractivity contribution < 1.29 is 9.53 Å². The quantitative estimate of drug-likeness (QED) is 0.343. The first-order valence-corrected chi connectivity index (χ1v) is 12.0. The van der Waals surface area contributed by atoms with Crippen LogP contribution in [0.25, 0.3) is 11.0 Å². The minimum absolute atomic E-state index is 0.0302. The summed E-state index contributed by atoms with van der Waals surface area (Å²) in [6.07, 6.45) is 4.54. The summed E-state index contributed by atoms with van der Waals surface area (Å²) < 4.78 is 7.47. The molecule has 2 aromatic heterocycles. The second kappa shape index (κ2) is 10.5. The lowest BCUT2D eigenvalue weighted by Crippen LogP contribution is -2.31. The Hall–Kier alpha value is -3.32. The zero-order valence-corrected chi connectivity index (χ0v) is 19.9. The Kier molecular flexibility index (Phi) is 7.29. The van der Waals surface area contributed by atoms with Crippen LogP contribution in [0, 0.1) is 0 Å². The van der Waals surface area contributed by atoms with E-state index in [1.54, 1.807) is 25.1 Å². The number of fused-ring (bicyclic) bond motifs is 1. The second-order valence-corrected chi connectivity index (χ2v) is 8.90. The van der Waals surface area contributed by atoms with Gasteiger partial charge in [0.2, 0.25) is 0 Å². The molecule has 2 heterocycles. The van der Waals surface area contributed by atoms with Crippen molar-refractivity contribution in [2.24, 2.45) is 0 Å². The van der Waals surface area contributed by atoms with Crippen molar-refractivity contribution >= 4 is 28.7 Å². The van der Waals surface area contributed by atoms with Gasteiger partial charge in [0.25, 0.3) is 5.91 Å². The third-order valence-electron chi connectivity index (χ3n) is 5.59. The van der Waals surface area contributed by atoms with Crippen LogP contribution in [-0.2, 0) is 12.3 Å². The number of nitrogens with zero attached hydrogens (tertiary/aromatic N) is 3. The first-order valence-electron chi connectivity index (χ1n) is 11.0. The van der Waals surface area contributed by atoms with Gasteiger partial charge in [-0.2, -0.15) is 0 Å². The van der Waals surface area contributed by atoms with Crippen LogP contribution in [0.5, 0.6) is 5.75 Å². The number of ether oxygens (including phenoxy) is 1. The van der Waals surface area contributed by atoms with Crippen molar-refractivity contribution in [2.45, 2.75) is 43.8 Å². The number of thioether (sulfide) groups is 1. The largest absolute Gasteiger partial charge is 0.497 e. The van der Waals surface area contributed by atoms with Crippen molar-refractivity contribution in [3.63, 3.8) is 0 Å². The third kappa shape index (κ3) is 5.54. The minimum Gasteiger partial charge on any atom is -0.497 e. The molecule has 0 bridgehead atoms. The SMILES string of the molecule is CC[C@H](C)NC(=O)c1ccc(CSc2nc3ccncc3n2Cc2ccc(OC)cc2)cc1. The molecular formula is C26H28N4O2S. The molecule has 6 nitrogen and oxygen atoms in total. The summed E-state index contributed by atoms with van der Waals surface area (Å²) in [4.78, 5) is 21.5. The van der Waals surface area contributed by atoms with Crippen LogP contribution in [0.15, 0.2) is 72.1 Å². The molecule has 0 saturated carbocycles. The zero-order chi connectivity index (χ0) is 23.2. The van der Waals surface area contributed by atoms with Gasteiger partial charge >= 0.3 is 0 Å². The van der Waals surface area contributed by atoms with Gasteiger partial charge < -0.3 is 14.6 Å². The third-order valence-corrected chi connectivity index (χ3v) is 6.64. The standard InChI is InChI=1S/C26H28N4O2S/c1-4-18(2)28-25(31)21-9-5-20(6-10-21)17-33-26-29-23-13-14-27-15-24(23)30(26)16-19-7-11-22(32-3)12-8-19/h5-15,18H,4,16-17H2,1-3H3,(H,28,31)/t18-/m0/s1.